The van der Waals surface area contributed by atoms with Crippen LogP contribution in [0.5, 0.6) is 0 Å². The molecule has 1 fully saturated rings. The molecular formula is C18H20N2O3. The quantitative estimate of drug-likeness (QED) is 0.919. The second kappa shape index (κ2) is 6.18. The highest BCUT2D eigenvalue weighted by Crippen LogP contribution is 2.29. The number of amides is 1. The number of carbonyl (C=O) groups is 1. The standard InChI is InChI=1S/C18H20N2O3/c21-18(16-11-19-7-9-22-16)20-8-6-14-10-15(23-17(14)12-20)13-4-2-1-3-5-13/h1-5,10,16,19H,6-9,11-12H2/t16-/m1/s1. The van der Waals surface area contributed by atoms with E-state index in [9.17, 15) is 4.79 Å². The number of furan rings is 1. The van der Waals surface area contributed by atoms with Gasteiger partial charge in [-0.25, -0.2) is 0 Å². The molecule has 3 heterocycles. The SMILES string of the molecule is O=C([C@H]1CNCCO1)N1CCc2cc(-c3ccccc3)oc2C1. The lowest BCUT2D eigenvalue weighted by molar-refractivity contribution is -0.146. The minimum Gasteiger partial charge on any atom is -0.459 e. The van der Waals surface area contributed by atoms with Gasteiger partial charge in [-0.15, -0.1) is 0 Å². The van der Waals surface area contributed by atoms with Crippen molar-refractivity contribution in [2.75, 3.05) is 26.2 Å². The molecule has 2 aliphatic rings. The van der Waals surface area contributed by atoms with Crippen molar-refractivity contribution in [3.05, 3.63) is 47.7 Å². The largest absolute Gasteiger partial charge is 0.459 e. The third kappa shape index (κ3) is 2.90. The normalized spacial score (nSPS) is 21.0. The molecule has 5 nitrogen and oxygen atoms in total. The van der Waals surface area contributed by atoms with Gasteiger partial charge in [0, 0.05) is 25.2 Å². The predicted octanol–water partition coefficient (Wildman–Crippen LogP) is 1.82. The van der Waals surface area contributed by atoms with Gasteiger partial charge >= 0.3 is 0 Å². The summed E-state index contributed by atoms with van der Waals surface area (Å²) >= 11 is 0. The van der Waals surface area contributed by atoms with Crippen molar-refractivity contribution >= 4 is 5.91 Å². The third-order valence-corrected chi connectivity index (χ3v) is 4.46. The molecule has 120 valence electrons. The van der Waals surface area contributed by atoms with Crippen LogP contribution >= 0.6 is 0 Å². The first-order chi connectivity index (χ1) is 11.3. The first-order valence-electron chi connectivity index (χ1n) is 8.09. The molecule has 5 heteroatoms. The Hall–Kier alpha value is -2.11. The zero-order chi connectivity index (χ0) is 15.6. The van der Waals surface area contributed by atoms with Crippen LogP contribution < -0.4 is 5.32 Å². The van der Waals surface area contributed by atoms with E-state index in [1.54, 1.807) is 0 Å². The fraction of sp³-hybridized carbons (Fsp3) is 0.389. The summed E-state index contributed by atoms with van der Waals surface area (Å²) < 4.78 is 11.6. The van der Waals surface area contributed by atoms with E-state index in [1.165, 1.54) is 5.56 Å². The Kier molecular flexibility index (Phi) is 3.89. The number of rotatable bonds is 2. The third-order valence-electron chi connectivity index (χ3n) is 4.46. The number of nitrogens with one attached hydrogen (secondary N) is 1. The van der Waals surface area contributed by atoms with Crippen molar-refractivity contribution in [2.45, 2.75) is 19.1 Å². The van der Waals surface area contributed by atoms with Crippen molar-refractivity contribution in [2.24, 2.45) is 0 Å². The van der Waals surface area contributed by atoms with Crippen molar-refractivity contribution in [3.63, 3.8) is 0 Å². The molecule has 1 aromatic heterocycles. The van der Waals surface area contributed by atoms with Gasteiger partial charge in [-0.2, -0.15) is 0 Å². The Bertz CT molecular complexity index is 690. The number of hydrogen-bond donors (Lipinski definition) is 1. The van der Waals surface area contributed by atoms with Gasteiger partial charge in [-0.1, -0.05) is 30.3 Å². The van der Waals surface area contributed by atoms with E-state index < -0.39 is 0 Å². The van der Waals surface area contributed by atoms with Gasteiger partial charge in [0.15, 0.2) is 0 Å². The second-order valence-corrected chi connectivity index (χ2v) is 6.00. The average Bonchev–Trinajstić information content (AvgIpc) is 3.06. The Balaban J connectivity index is 1.51. The van der Waals surface area contributed by atoms with E-state index in [0.717, 1.165) is 36.6 Å². The molecule has 1 saturated heterocycles. The van der Waals surface area contributed by atoms with E-state index >= 15 is 0 Å². The van der Waals surface area contributed by atoms with E-state index in [1.807, 2.05) is 35.2 Å². The summed E-state index contributed by atoms with van der Waals surface area (Å²) in [6.07, 6.45) is 0.464. The predicted molar refractivity (Wildman–Crippen MR) is 85.9 cm³/mol. The molecule has 0 radical (unpaired) electrons. The fourth-order valence-corrected chi connectivity index (χ4v) is 3.18. The first kappa shape index (κ1) is 14.5. The van der Waals surface area contributed by atoms with Crippen LogP contribution in [0, 0.1) is 0 Å². The molecule has 23 heavy (non-hydrogen) atoms. The lowest BCUT2D eigenvalue weighted by Crippen LogP contribution is -2.50. The van der Waals surface area contributed by atoms with Crippen molar-refractivity contribution in [3.8, 4) is 11.3 Å². The van der Waals surface area contributed by atoms with Gasteiger partial charge in [-0.05, 0) is 18.1 Å². The van der Waals surface area contributed by atoms with E-state index in [4.69, 9.17) is 9.15 Å². The average molecular weight is 312 g/mol. The summed E-state index contributed by atoms with van der Waals surface area (Å²) in [4.78, 5) is 14.4. The molecule has 2 aromatic rings. The van der Waals surface area contributed by atoms with Crippen LogP contribution in [0.25, 0.3) is 11.3 Å². The smallest absolute Gasteiger partial charge is 0.253 e. The number of morpholine rings is 1. The first-order valence-corrected chi connectivity index (χ1v) is 8.09. The maximum atomic E-state index is 12.6. The minimum atomic E-state index is -0.367. The highest BCUT2D eigenvalue weighted by molar-refractivity contribution is 5.81. The maximum absolute atomic E-state index is 12.6. The minimum absolute atomic E-state index is 0.0560. The van der Waals surface area contributed by atoms with E-state index in [2.05, 4.69) is 11.4 Å². The van der Waals surface area contributed by atoms with Gasteiger partial charge in [0.05, 0.1) is 13.2 Å². The molecule has 4 rings (SSSR count). The topological polar surface area (TPSA) is 54.7 Å². The van der Waals surface area contributed by atoms with Gasteiger partial charge < -0.3 is 19.4 Å². The Morgan fingerprint density at radius 1 is 1.26 bits per heavy atom. The molecule has 0 spiro atoms. The molecular weight excluding hydrogens is 292 g/mol. The van der Waals surface area contributed by atoms with Crippen molar-refractivity contribution in [1.82, 2.24) is 10.2 Å². The van der Waals surface area contributed by atoms with Crippen LogP contribution in [-0.4, -0.2) is 43.2 Å². The fourth-order valence-electron chi connectivity index (χ4n) is 3.18. The lowest BCUT2D eigenvalue weighted by Gasteiger charge is -2.31. The Labute approximate surface area is 135 Å². The molecule has 0 bridgehead atoms. The molecule has 1 atom stereocenters. The zero-order valence-electron chi connectivity index (χ0n) is 13.0. The van der Waals surface area contributed by atoms with E-state index in [0.29, 0.717) is 19.7 Å². The highest BCUT2D eigenvalue weighted by atomic mass is 16.5. The maximum Gasteiger partial charge on any atom is 0.253 e. The molecule has 1 aromatic carbocycles. The van der Waals surface area contributed by atoms with Crippen LogP contribution in [0.4, 0.5) is 0 Å². The zero-order valence-corrected chi connectivity index (χ0v) is 13.0. The van der Waals surface area contributed by atoms with Gasteiger partial charge in [-0.3, -0.25) is 4.79 Å². The summed E-state index contributed by atoms with van der Waals surface area (Å²) in [5.74, 6) is 1.83. The monoisotopic (exact) mass is 312 g/mol. The number of benzene rings is 1. The molecule has 0 saturated carbocycles. The molecule has 1 N–H and O–H groups in total. The summed E-state index contributed by atoms with van der Waals surface area (Å²) in [6.45, 7) is 3.25. The van der Waals surface area contributed by atoms with Crippen molar-refractivity contribution < 1.29 is 13.9 Å². The number of hydrogen-bond acceptors (Lipinski definition) is 4. The number of carbonyl (C=O) groups excluding carboxylic acids is 1. The summed E-state index contributed by atoms with van der Waals surface area (Å²) in [7, 11) is 0. The highest BCUT2D eigenvalue weighted by Gasteiger charge is 2.30. The molecule has 0 aliphatic carbocycles. The number of ether oxygens (including phenoxy) is 1. The molecule has 2 aliphatic heterocycles. The van der Waals surface area contributed by atoms with Crippen LogP contribution in [0.1, 0.15) is 11.3 Å². The van der Waals surface area contributed by atoms with Crippen LogP contribution in [-0.2, 0) is 22.5 Å². The second-order valence-electron chi connectivity index (χ2n) is 6.00. The Morgan fingerprint density at radius 3 is 2.91 bits per heavy atom. The van der Waals surface area contributed by atoms with Gasteiger partial charge in [0.1, 0.15) is 17.6 Å². The number of nitrogens with zero attached hydrogens (tertiary/aromatic N) is 1. The summed E-state index contributed by atoms with van der Waals surface area (Å²) in [6, 6.07) is 12.2. The van der Waals surface area contributed by atoms with Gasteiger partial charge in [0.2, 0.25) is 0 Å². The van der Waals surface area contributed by atoms with Crippen molar-refractivity contribution in [1.29, 1.82) is 0 Å². The van der Waals surface area contributed by atoms with Crippen LogP contribution in [0.15, 0.2) is 40.8 Å². The number of fused-ring (bicyclic) bond motifs is 1. The van der Waals surface area contributed by atoms with Crippen LogP contribution in [0.2, 0.25) is 0 Å². The molecule has 0 unspecified atom stereocenters. The summed E-state index contributed by atoms with van der Waals surface area (Å²) in [5.41, 5.74) is 2.27. The van der Waals surface area contributed by atoms with Gasteiger partial charge in [0.25, 0.3) is 5.91 Å². The Morgan fingerprint density at radius 2 is 2.13 bits per heavy atom. The summed E-state index contributed by atoms with van der Waals surface area (Å²) in [5, 5.41) is 3.20. The lowest BCUT2D eigenvalue weighted by atomic mass is 10.1. The molecule has 1 amide bonds. The van der Waals surface area contributed by atoms with Crippen LogP contribution in [0.3, 0.4) is 0 Å². The van der Waals surface area contributed by atoms with E-state index in [-0.39, 0.29) is 12.0 Å².